The van der Waals surface area contributed by atoms with E-state index in [-0.39, 0.29) is 18.4 Å². The van der Waals surface area contributed by atoms with Gasteiger partial charge in [-0.25, -0.2) is 0 Å². The number of benzene rings is 1. The number of phenols is 1. The largest absolute Gasteiger partial charge is 0.507 e. The molecule has 0 radical (unpaired) electrons. The minimum absolute atomic E-state index is 0. The van der Waals surface area contributed by atoms with E-state index in [9.17, 15) is 5.11 Å². The highest BCUT2D eigenvalue weighted by Gasteiger charge is 2.12. The molecule has 0 fully saturated rings. The highest BCUT2D eigenvalue weighted by molar-refractivity contribution is 5.85. The third-order valence-corrected chi connectivity index (χ3v) is 2.50. The molecule has 0 unspecified atom stereocenters. The van der Waals surface area contributed by atoms with Crippen LogP contribution < -0.4 is 5.73 Å². The Morgan fingerprint density at radius 3 is 2.62 bits per heavy atom. The smallest absolute Gasteiger partial charge is 0.123 e. The zero-order chi connectivity index (χ0) is 11.4. The van der Waals surface area contributed by atoms with E-state index in [1.54, 1.807) is 0 Å². The Kier molecular flexibility index (Phi) is 6.16. The zero-order valence-electron chi connectivity index (χ0n) is 9.86. The summed E-state index contributed by atoms with van der Waals surface area (Å²) in [7, 11) is 0. The van der Waals surface area contributed by atoms with Gasteiger partial charge in [-0.2, -0.15) is 0 Å². The number of hydrogen-bond donors (Lipinski definition) is 2. The minimum Gasteiger partial charge on any atom is -0.507 e. The standard InChI is InChI=1S/C13H19NO.ClH/c1-4-10-6-5-7-11(13(10)15)12(14)8-9(2)3;/h5-7,12,15H,2,4,8,14H2,1,3H3;1H/t12-;/m0./s1. The maximum Gasteiger partial charge on any atom is 0.123 e. The van der Waals surface area contributed by atoms with E-state index in [1.165, 1.54) is 0 Å². The van der Waals surface area contributed by atoms with Crippen LogP contribution in [0.4, 0.5) is 0 Å². The van der Waals surface area contributed by atoms with Gasteiger partial charge in [0.05, 0.1) is 0 Å². The van der Waals surface area contributed by atoms with Crippen LogP contribution >= 0.6 is 12.4 Å². The van der Waals surface area contributed by atoms with Crippen LogP contribution in [0.25, 0.3) is 0 Å². The Bertz CT molecular complexity index is 363. The summed E-state index contributed by atoms with van der Waals surface area (Å²) in [6.45, 7) is 7.79. The molecule has 2 nitrogen and oxygen atoms in total. The van der Waals surface area contributed by atoms with Crippen molar-refractivity contribution >= 4 is 12.4 Å². The molecule has 0 aliphatic carbocycles. The number of nitrogens with two attached hydrogens (primary N) is 1. The van der Waals surface area contributed by atoms with Crippen LogP contribution in [0.2, 0.25) is 0 Å². The predicted molar refractivity (Wildman–Crippen MR) is 71.1 cm³/mol. The average molecular weight is 242 g/mol. The topological polar surface area (TPSA) is 46.2 Å². The molecule has 0 bridgehead atoms. The lowest BCUT2D eigenvalue weighted by Crippen LogP contribution is -2.11. The number of hydrogen-bond acceptors (Lipinski definition) is 2. The van der Waals surface area contributed by atoms with Crippen molar-refractivity contribution in [2.75, 3.05) is 0 Å². The fourth-order valence-electron chi connectivity index (χ4n) is 1.68. The summed E-state index contributed by atoms with van der Waals surface area (Å²) in [6, 6.07) is 5.58. The molecule has 0 aromatic heterocycles. The first-order chi connectivity index (χ1) is 7.06. The molecule has 1 rings (SSSR count). The molecule has 1 aromatic carbocycles. The van der Waals surface area contributed by atoms with Crippen molar-refractivity contribution in [1.82, 2.24) is 0 Å². The van der Waals surface area contributed by atoms with E-state index in [0.29, 0.717) is 12.2 Å². The van der Waals surface area contributed by atoms with Crippen LogP contribution in [0.1, 0.15) is 37.4 Å². The minimum atomic E-state index is -0.158. The molecule has 1 aromatic rings. The van der Waals surface area contributed by atoms with E-state index in [0.717, 1.165) is 23.1 Å². The molecule has 0 amide bonds. The maximum atomic E-state index is 9.96. The zero-order valence-corrected chi connectivity index (χ0v) is 10.7. The first-order valence-electron chi connectivity index (χ1n) is 5.27. The van der Waals surface area contributed by atoms with Crippen molar-refractivity contribution in [3.05, 3.63) is 41.5 Å². The third-order valence-electron chi connectivity index (χ3n) is 2.50. The van der Waals surface area contributed by atoms with Crippen LogP contribution in [0.5, 0.6) is 5.75 Å². The second-order valence-corrected chi connectivity index (χ2v) is 3.98. The molecule has 0 saturated carbocycles. The lowest BCUT2D eigenvalue weighted by Gasteiger charge is -2.15. The molecule has 90 valence electrons. The van der Waals surface area contributed by atoms with Crippen LogP contribution in [-0.4, -0.2) is 5.11 Å². The summed E-state index contributed by atoms with van der Waals surface area (Å²) in [5.74, 6) is 0.341. The second-order valence-electron chi connectivity index (χ2n) is 3.98. The van der Waals surface area contributed by atoms with Crippen LogP contribution in [0.15, 0.2) is 30.4 Å². The van der Waals surface area contributed by atoms with E-state index in [4.69, 9.17) is 5.73 Å². The molecule has 3 N–H and O–H groups in total. The number of para-hydroxylation sites is 1. The fraction of sp³-hybridized carbons (Fsp3) is 0.385. The van der Waals surface area contributed by atoms with Gasteiger partial charge in [-0.05, 0) is 25.3 Å². The molecule has 0 aliphatic rings. The first-order valence-corrected chi connectivity index (χ1v) is 5.27. The Hall–Kier alpha value is -0.990. The van der Waals surface area contributed by atoms with Gasteiger partial charge in [-0.1, -0.05) is 30.7 Å². The van der Waals surface area contributed by atoms with Gasteiger partial charge in [0.1, 0.15) is 5.75 Å². The monoisotopic (exact) mass is 241 g/mol. The summed E-state index contributed by atoms with van der Waals surface area (Å²) in [6.07, 6.45) is 1.53. The average Bonchev–Trinajstić information content (AvgIpc) is 2.17. The number of phenolic OH excluding ortho intramolecular Hbond substituents is 1. The van der Waals surface area contributed by atoms with Gasteiger partial charge in [0, 0.05) is 11.6 Å². The van der Waals surface area contributed by atoms with E-state index < -0.39 is 0 Å². The summed E-state index contributed by atoms with van der Waals surface area (Å²) in [5.41, 5.74) is 8.80. The number of rotatable bonds is 4. The highest BCUT2D eigenvalue weighted by atomic mass is 35.5. The SMILES string of the molecule is C=C(C)C[C@H](N)c1cccc(CC)c1O.Cl. The molecule has 0 saturated heterocycles. The van der Waals surface area contributed by atoms with Gasteiger partial charge in [0.25, 0.3) is 0 Å². The summed E-state index contributed by atoms with van der Waals surface area (Å²) in [4.78, 5) is 0. The van der Waals surface area contributed by atoms with E-state index in [1.807, 2.05) is 32.0 Å². The normalized spacial score (nSPS) is 11.7. The Morgan fingerprint density at radius 2 is 2.12 bits per heavy atom. The molecule has 1 atom stereocenters. The summed E-state index contributed by atoms with van der Waals surface area (Å²) >= 11 is 0. The Morgan fingerprint density at radius 1 is 1.50 bits per heavy atom. The summed E-state index contributed by atoms with van der Waals surface area (Å²) < 4.78 is 0. The van der Waals surface area contributed by atoms with E-state index in [2.05, 4.69) is 6.58 Å². The van der Waals surface area contributed by atoms with Gasteiger partial charge in [0.2, 0.25) is 0 Å². The van der Waals surface area contributed by atoms with Gasteiger partial charge >= 0.3 is 0 Å². The second kappa shape index (κ2) is 6.56. The molecule has 0 aliphatic heterocycles. The van der Waals surface area contributed by atoms with Gasteiger partial charge < -0.3 is 10.8 Å². The molecular weight excluding hydrogens is 222 g/mol. The van der Waals surface area contributed by atoms with Gasteiger partial charge in [-0.3, -0.25) is 0 Å². The molecular formula is C13H20ClNO. The number of aromatic hydroxyl groups is 1. The van der Waals surface area contributed by atoms with Crippen molar-refractivity contribution in [1.29, 1.82) is 0 Å². The lowest BCUT2D eigenvalue weighted by atomic mass is 9.97. The number of halogens is 1. The molecule has 16 heavy (non-hydrogen) atoms. The lowest BCUT2D eigenvalue weighted by molar-refractivity contribution is 0.455. The summed E-state index contributed by atoms with van der Waals surface area (Å²) in [5, 5.41) is 9.96. The van der Waals surface area contributed by atoms with E-state index >= 15 is 0 Å². The van der Waals surface area contributed by atoms with Gasteiger partial charge in [-0.15, -0.1) is 19.0 Å². The molecule has 0 heterocycles. The molecule has 0 spiro atoms. The van der Waals surface area contributed by atoms with Gasteiger partial charge in [0.15, 0.2) is 0 Å². The third kappa shape index (κ3) is 3.54. The Labute approximate surface area is 104 Å². The van der Waals surface area contributed by atoms with Crippen LogP contribution in [0.3, 0.4) is 0 Å². The van der Waals surface area contributed by atoms with Crippen molar-refractivity contribution < 1.29 is 5.11 Å². The highest BCUT2D eigenvalue weighted by Crippen LogP contribution is 2.29. The van der Waals surface area contributed by atoms with Crippen molar-refractivity contribution in [3.8, 4) is 5.75 Å². The first kappa shape index (κ1) is 15.0. The quantitative estimate of drug-likeness (QED) is 0.795. The fourth-order valence-corrected chi connectivity index (χ4v) is 1.68. The van der Waals surface area contributed by atoms with Crippen LogP contribution in [-0.2, 0) is 6.42 Å². The maximum absolute atomic E-state index is 9.96. The predicted octanol–water partition coefficient (Wildman–Crippen LogP) is 3.34. The van der Waals surface area contributed by atoms with Crippen molar-refractivity contribution in [3.63, 3.8) is 0 Å². The van der Waals surface area contributed by atoms with Crippen molar-refractivity contribution in [2.45, 2.75) is 32.7 Å². The molecule has 3 heteroatoms. The van der Waals surface area contributed by atoms with Crippen LogP contribution in [0, 0.1) is 0 Å². The Balaban J connectivity index is 0.00000225. The number of aryl methyl sites for hydroxylation is 1. The van der Waals surface area contributed by atoms with Crippen molar-refractivity contribution in [2.24, 2.45) is 5.73 Å².